The minimum Gasteiger partial charge on any atom is -0.466 e. The molecule has 1 N–H and O–H groups in total. The van der Waals surface area contributed by atoms with Crippen LogP contribution in [0.1, 0.15) is 68.9 Å². The Morgan fingerprint density at radius 1 is 1.00 bits per heavy atom. The van der Waals surface area contributed by atoms with E-state index < -0.39 is 0 Å². The summed E-state index contributed by atoms with van der Waals surface area (Å²) in [4.78, 5) is 33.9. The summed E-state index contributed by atoms with van der Waals surface area (Å²) < 4.78 is 18.7. The molecule has 0 spiro atoms. The van der Waals surface area contributed by atoms with Crippen LogP contribution in [0.2, 0.25) is 0 Å². The topological polar surface area (TPSA) is 81.2 Å². The molecule has 0 atom stereocenters. The largest absolute Gasteiger partial charge is 0.466 e. The molecule has 3 aromatic rings. The number of unbranched alkanes of at least 4 members (excludes halogenated alkanes) is 2. The van der Waals surface area contributed by atoms with Crippen molar-refractivity contribution in [2.24, 2.45) is 0 Å². The van der Waals surface area contributed by atoms with E-state index in [9.17, 15) is 14.0 Å². The number of esters is 1. The maximum absolute atomic E-state index is 13.5. The normalized spacial score (nSPS) is 11.1. The molecule has 180 valence electrons. The smallest absolute Gasteiger partial charge is 0.305 e. The predicted octanol–water partition coefficient (Wildman–Crippen LogP) is 5.63. The second-order valence-electron chi connectivity index (χ2n) is 8.64. The van der Waals surface area contributed by atoms with Crippen molar-refractivity contribution in [3.05, 3.63) is 59.5 Å². The molecule has 1 heterocycles. The van der Waals surface area contributed by atoms with Crippen molar-refractivity contribution < 1.29 is 18.7 Å². The SMILES string of the molecule is CCCCOC(=O)CCCCc1nc2cc(C(=O)NC(C)C)ccc2nc1-c1ccc(F)cc1. The summed E-state index contributed by atoms with van der Waals surface area (Å²) in [6, 6.07) is 11.4. The van der Waals surface area contributed by atoms with Crippen LogP contribution in [0.25, 0.3) is 22.3 Å². The van der Waals surface area contributed by atoms with Crippen LogP contribution >= 0.6 is 0 Å². The number of hydrogen-bond acceptors (Lipinski definition) is 5. The van der Waals surface area contributed by atoms with Crippen LogP contribution in [0, 0.1) is 5.82 Å². The number of fused-ring (bicyclic) bond motifs is 1. The van der Waals surface area contributed by atoms with E-state index in [2.05, 4.69) is 12.2 Å². The van der Waals surface area contributed by atoms with Gasteiger partial charge in [-0.2, -0.15) is 0 Å². The molecule has 0 aliphatic carbocycles. The Bertz CT molecular complexity index is 1130. The van der Waals surface area contributed by atoms with Gasteiger partial charge in [0, 0.05) is 23.6 Å². The lowest BCUT2D eigenvalue weighted by Gasteiger charge is -2.12. The van der Waals surface area contributed by atoms with E-state index in [4.69, 9.17) is 14.7 Å². The van der Waals surface area contributed by atoms with Crippen LogP contribution in [-0.2, 0) is 16.0 Å². The summed E-state index contributed by atoms with van der Waals surface area (Å²) in [5.74, 6) is -0.663. The third-order valence-corrected chi connectivity index (χ3v) is 5.34. The van der Waals surface area contributed by atoms with Gasteiger partial charge in [-0.3, -0.25) is 9.59 Å². The average Bonchev–Trinajstić information content (AvgIpc) is 2.81. The Morgan fingerprint density at radius 3 is 2.47 bits per heavy atom. The Morgan fingerprint density at radius 2 is 1.76 bits per heavy atom. The van der Waals surface area contributed by atoms with E-state index >= 15 is 0 Å². The summed E-state index contributed by atoms with van der Waals surface area (Å²) in [7, 11) is 0. The van der Waals surface area contributed by atoms with Gasteiger partial charge in [-0.15, -0.1) is 0 Å². The lowest BCUT2D eigenvalue weighted by atomic mass is 10.0. The second kappa shape index (κ2) is 12.2. The Kier molecular flexibility index (Phi) is 9.08. The van der Waals surface area contributed by atoms with Crippen molar-refractivity contribution in [2.45, 2.75) is 65.3 Å². The molecule has 7 heteroatoms. The van der Waals surface area contributed by atoms with E-state index in [0.29, 0.717) is 48.2 Å². The van der Waals surface area contributed by atoms with E-state index in [0.717, 1.165) is 30.5 Å². The molecular formula is C27H32FN3O3. The van der Waals surface area contributed by atoms with Gasteiger partial charge in [0.25, 0.3) is 5.91 Å². The molecule has 0 radical (unpaired) electrons. The first-order valence-electron chi connectivity index (χ1n) is 11.9. The van der Waals surface area contributed by atoms with Gasteiger partial charge in [0.15, 0.2) is 0 Å². The molecule has 34 heavy (non-hydrogen) atoms. The highest BCUT2D eigenvalue weighted by Crippen LogP contribution is 2.26. The maximum Gasteiger partial charge on any atom is 0.305 e. The summed E-state index contributed by atoms with van der Waals surface area (Å²) in [5.41, 5.74) is 3.99. The zero-order valence-electron chi connectivity index (χ0n) is 20.1. The first-order chi connectivity index (χ1) is 16.4. The zero-order valence-corrected chi connectivity index (χ0v) is 20.1. The van der Waals surface area contributed by atoms with Gasteiger partial charge < -0.3 is 10.1 Å². The van der Waals surface area contributed by atoms with E-state index in [1.165, 1.54) is 12.1 Å². The number of nitrogens with zero attached hydrogens (tertiary/aromatic N) is 2. The maximum atomic E-state index is 13.5. The minimum atomic E-state index is -0.318. The highest BCUT2D eigenvalue weighted by molar-refractivity contribution is 5.97. The highest BCUT2D eigenvalue weighted by atomic mass is 19.1. The Hall–Kier alpha value is -3.35. The van der Waals surface area contributed by atoms with E-state index in [-0.39, 0.29) is 23.7 Å². The van der Waals surface area contributed by atoms with Crippen molar-refractivity contribution in [1.29, 1.82) is 0 Å². The molecule has 6 nitrogen and oxygen atoms in total. The number of hydrogen-bond donors (Lipinski definition) is 1. The standard InChI is InChI=1S/C27H32FN3O3/c1-4-5-16-34-25(32)9-7-6-8-23-26(19-10-13-21(28)14-11-19)31-22-15-12-20(17-24(22)30-23)27(33)29-18(2)3/h10-15,17-18H,4-9,16H2,1-3H3,(H,29,33). The van der Waals surface area contributed by atoms with Crippen molar-refractivity contribution in [3.63, 3.8) is 0 Å². The van der Waals surface area contributed by atoms with Gasteiger partial charge in [-0.25, -0.2) is 14.4 Å². The molecule has 0 saturated carbocycles. The van der Waals surface area contributed by atoms with Crippen LogP contribution < -0.4 is 5.32 Å². The number of nitrogens with one attached hydrogen (secondary N) is 1. The third-order valence-electron chi connectivity index (χ3n) is 5.34. The summed E-state index contributed by atoms with van der Waals surface area (Å²) in [5, 5.41) is 2.89. The molecule has 2 aromatic carbocycles. The Balaban J connectivity index is 1.82. The number of halogens is 1. The molecular weight excluding hydrogens is 433 g/mol. The number of carbonyl (C=O) groups excluding carboxylic acids is 2. The fourth-order valence-corrected chi connectivity index (χ4v) is 3.56. The quantitative estimate of drug-likeness (QED) is 0.293. The predicted molar refractivity (Wildman–Crippen MR) is 131 cm³/mol. The Labute approximate surface area is 200 Å². The summed E-state index contributed by atoms with van der Waals surface area (Å²) >= 11 is 0. The fourth-order valence-electron chi connectivity index (χ4n) is 3.56. The lowest BCUT2D eigenvalue weighted by Crippen LogP contribution is -2.30. The summed E-state index contributed by atoms with van der Waals surface area (Å²) in [6.45, 7) is 6.33. The van der Waals surface area contributed by atoms with Crippen molar-refractivity contribution in [3.8, 4) is 11.3 Å². The molecule has 0 bridgehead atoms. The lowest BCUT2D eigenvalue weighted by molar-refractivity contribution is -0.143. The van der Waals surface area contributed by atoms with Crippen LogP contribution in [0.3, 0.4) is 0 Å². The number of aromatic nitrogens is 2. The molecule has 3 rings (SSSR count). The molecule has 1 amide bonds. The molecule has 1 aromatic heterocycles. The van der Waals surface area contributed by atoms with Gasteiger partial charge >= 0.3 is 5.97 Å². The molecule has 0 aliphatic rings. The fraction of sp³-hybridized carbons (Fsp3) is 0.407. The molecule has 0 unspecified atom stereocenters. The van der Waals surface area contributed by atoms with Gasteiger partial charge in [-0.05, 0) is 82.0 Å². The van der Waals surface area contributed by atoms with Gasteiger partial charge in [0.05, 0.1) is 29.0 Å². The number of rotatable bonds is 11. The monoisotopic (exact) mass is 465 g/mol. The second-order valence-corrected chi connectivity index (χ2v) is 8.64. The van der Waals surface area contributed by atoms with Gasteiger partial charge in [0.1, 0.15) is 5.82 Å². The first kappa shape index (κ1) is 25.3. The van der Waals surface area contributed by atoms with E-state index in [1.54, 1.807) is 30.3 Å². The van der Waals surface area contributed by atoms with Crippen LogP contribution in [-0.4, -0.2) is 34.5 Å². The molecule has 0 aliphatic heterocycles. The van der Waals surface area contributed by atoms with Gasteiger partial charge in [0.2, 0.25) is 0 Å². The highest BCUT2D eigenvalue weighted by Gasteiger charge is 2.14. The summed E-state index contributed by atoms with van der Waals surface area (Å²) in [6.07, 6.45) is 4.21. The minimum absolute atomic E-state index is 0.0272. The average molecular weight is 466 g/mol. The van der Waals surface area contributed by atoms with Crippen molar-refractivity contribution in [2.75, 3.05) is 6.61 Å². The van der Waals surface area contributed by atoms with Crippen molar-refractivity contribution >= 4 is 22.9 Å². The number of amides is 1. The third kappa shape index (κ3) is 7.07. The number of benzene rings is 2. The van der Waals surface area contributed by atoms with Crippen LogP contribution in [0.4, 0.5) is 4.39 Å². The van der Waals surface area contributed by atoms with Gasteiger partial charge in [-0.1, -0.05) is 13.3 Å². The molecule has 0 fully saturated rings. The van der Waals surface area contributed by atoms with E-state index in [1.807, 2.05) is 13.8 Å². The molecule has 0 saturated heterocycles. The number of aryl methyl sites for hydroxylation is 1. The number of ether oxygens (including phenoxy) is 1. The van der Waals surface area contributed by atoms with Crippen LogP contribution in [0.15, 0.2) is 42.5 Å². The number of carbonyl (C=O) groups is 2. The van der Waals surface area contributed by atoms with Crippen molar-refractivity contribution in [1.82, 2.24) is 15.3 Å². The van der Waals surface area contributed by atoms with Crippen LogP contribution in [0.5, 0.6) is 0 Å². The first-order valence-corrected chi connectivity index (χ1v) is 11.9. The zero-order chi connectivity index (χ0) is 24.5.